The maximum atomic E-state index is 5.83. The zero-order valence-corrected chi connectivity index (χ0v) is 12.6. The number of tetrazole rings is 1. The van der Waals surface area contributed by atoms with Crippen LogP contribution in [0.2, 0.25) is 0 Å². The molecule has 0 saturated heterocycles. The van der Waals surface area contributed by atoms with Crippen LogP contribution in [0.15, 0.2) is 18.2 Å². The van der Waals surface area contributed by atoms with Crippen molar-refractivity contribution in [1.82, 2.24) is 20.2 Å². The van der Waals surface area contributed by atoms with Crippen LogP contribution >= 0.6 is 0 Å². The Kier molecular flexibility index (Phi) is 5.54. The normalized spacial score (nSPS) is 10.9. The van der Waals surface area contributed by atoms with Gasteiger partial charge in [-0.15, -0.1) is 5.10 Å². The van der Waals surface area contributed by atoms with E-state index in [2.05, 4.69) is 22.4 Å². The molecule has 114 valence electrons. The van der Waals surface area contributed by atoms with E-state index in [1.165, 1.54) is 32.1 Å². The second-order valence-electron chi connectivity index (χ2n) is 5.38. The van der Waals surface area contributed by atoms with E-state index in [1.807, 2.05) is 16.8 Å². The Balaban J connectivity index is 1.95. The van der Waals surface area contributed by atoms with Gasteiger partial charge < -0.3 is 11.5 Å². The largest absolute Gasteiger partial charge is 0.399 e. The molecular formula is C15H24N6. The summed E-state index contributed by atoms with van der Waals surface area (Å²) in [5.74, 6) is 0.725. The van der Waals surface area contributed by atoms with E-state index in [4.69, 9.17) is 11.5 Å². The predicted molar refractivity (Wildman–Crippen MR) is 85.5 cm³/mol. The van der Waals surface area contributed by atoms with Crippen LogP contribution in [0.25, 0.3) is 11.4 Å². The Morgan fingerprint density at radius 3 is 2.33 bits per heavy atom. The van der Waals surface area contributed by atoms with Crippen molar-refractivity contribution in [2.75, 3.05) is 11.5 Å². The number of unbranched alkanes of at least 4 members (excludes halogenated alkanes) is 5. The third-order valence-corrected chi connectivity index (χ3v) is 3.49. The lowest BCUT2D eigenvalue weighted by Gasteiger charge is -2.06. The molecule has 0 fully saturated rings. The van der Waals surface area contributed by atoms with Gasteiger partial charge in [0.2, 0.25) is 0 Å². The average molecular weight is 288 g/mol. The Morgan fingerprint density at radius 2 is 1.62 bits per heavy atom. The maximum Gasteiger partial charge on any atom is 0.182 e. The van der Waals surface area contributed by atoms with Crippen molar-refractivity contribution < 1.29 is 0 Å². The zero-order valence-electron chi connectivity index (χ0n) is 12.6. The number of benzene rings is 1. The highest BCUT2D eigenvalue weighted by Crippen LogP contribution is 2.22. The van der Waals surface area contributed by atoms with Gasteiger partial charge in [-0.25, -0.2) is 4.68 Å². The van der Waals surface area contributed by atoms with Crippen LogP contribution in [-0.2, 0) is 6.54 Å². The standard InChI is InChI=1S/C15H24N6/c1-2-3-4-5-6-7-8-21-15(18-19-20-21)12-9-13(16)11-14(17)10-12/h9-11H,2-8,16-17H2,1H3. The van der Waals surface area contributed by atoms with E-state index in [0.717, 1.165) is 24.4 Å². The van der Waals surface area contributed by atoms with Crippen molar-refractivity contribution in [2.24, 2.45) is 0 Å². The van der Waals surface area contributed by atoms with Gasteiger partial charge in [0.05, 0.1) is 0 Å². The number of anilines is 2. The van der Waals surface area contributed by atoms with Crippen LogP contribution in [0.4, 0.5) is 11.4 Å². The summed E-state index contributed by atoms with van der Waals surface area (Å²) in [5.41, 5.74) is 13.8. The second-order valence-corrected chi connectivity index (χ2v) is 5.38. The molecule has 21 heavy (non-hydrogen) atoms. The van der Waals surface area contributed by atoms with Gasteiger partial charge in [-0.05, 0) is 35.0 Å². The minimum atomic E-state index is 0.624. The van der Waals surface area contributed by atoms with Gasteiger partial charge in [0, 0.05) is 23.5 Å². The average Bonchev–Trinajstić information content (AvgIpc) is 2.90. The van der Waals surface area contributed by atoms with E-state index < -0.39 is 0 Å². The third-order valence-electron chi connectivity index (χ3n) is 3.49. The predicted octanol–water partition coefficient (Wildman–Crippen LogP) is 2.87. The lowest BCUT2D eigenvalue weighted by molar-refractivity contribution is 0.519. The first-order valence-electron chi connectivity index (χ1n) is 7.63. The van der Waals surface area contributed by atoms with Crippen LogP contribution in [0.5, 0.6) is 0 Å². The number of rotatable bonds is 8. The number of nitrogen functional groups attached to an aromatic ring is 2. The van der Waals surface area contributed by atoms with Crippen molar-refractivity contribution >= 4 is 11.4 Å². The van der Waals surface area contributed by atoms with Crippen LogP contribution in [0, 0.1) is 0 Å². The first-order chi connectivity index (χ1) is 10.2. The van der Waals surface area contributed by atoms with Gasteiger partial charge >= 0.3 is 0 Å². The molecule has 0 aliphatic heterocycles. The summed E-state index contributed by atoms with van der Waals surface area (Å²) in [5, 5.41) is 11.9. The second kappa shape index (κ2) is 7.61. The quantitative estimate of drug-likeness (QED) is 0.575. The highest BCUT2D eigenvalue weighted by atomic mass is 15.5. The Bertz CT molecular complexity index is 543. The minimum absolute atomic E-state index is 0.624. The summed E-state index contributed by atoms with van der Waals surface area (Å²) in [4.78, 5) is 0. The van der Waals surface area contributed by atoms with Gasteiger partial charge in [-0.1, -0.05) is 39.0 Å². The number of aromatic nitrogens is 4. The van der Waals surface area contributed by atoms with Gasteiger partial charge in [-0.2, -0.15) is 0 Å². The SMILES string of the molecule is CCCCCCCCn1nnnc1-c1cc(N)cc(N)c1. The molecule has 2 rings (SSSR count). The fourth-order valence-electron chi connectivity index (χ4n) is 2.41. The molecule has 2 aromatic rings. The molecule has 0 amide bonds. The first-order valence-corrected chi connectivity index (χ1v) is 7.63. The number of hydrogen-bond acceptors (Lipinski definition) is 5. The molecule has 1 heterocycles. The van der Waals surface area contributed by atoms with Crippen LogP contribution in [-0.4, -0.2) is 20.2 Å². The molecule has 0 radical (unpaired) electrons. The summed E-state index contributed by atoms with van der Waals surface area (Å²) in [6, 6.07) is 5.42. The number of nitrogens with two attached hydrogens (primary N) is 2. The smallest absolute Gasteiger partial charge is 0.182 e. The third kappa shape index (κ3) is 4.44. The summed E-state index contributed by atoms with van der Waals surface area (Å²) in [7, 11) is 0. The van der Waals surface area contributed by atoms with Crippen LogP contribution < -0.4 is 11.5 Å². The Labute approximate surface area is 125 Å². The van der Waals surface area contributed by atoms with Crippen molar-refractivity contribution in [1.29, 1.82) is 0 Å². The molecule has 0 spiro atoms. The Hall–Kier alpha value is -2.11. The summed E-state index contributed by atoms with van der Waals surface area (Å²) < 4.78 is 1.83. The van der Waals surface area contributed by atoms with Crippen molar-refractivity contribution in [3.05, 3.63) is 18.2 Å². The monoisotopic (exact) mass is 288 g/mol. The molecule has 1 aromatic carbocycles. The minimum Gasteiger partial charge on any atom is -0.399 e. The zero-order chi connectivity index (χ0) is 15.1. The number of nitrogens with zero attached hydrogens (tertiary/aromatic N) is 4. The van der Waals surface area contributed by atoms with Gasteiger partial charge in [0.1, 0.15) is 0 Å². The van der Waals surface area contributed by atoms with E-state index in [-0.39, 0.29) is 0 Å². The van der Waals surface area contributed by atoms with Gasteiger partial charge in [0.25, 0.3) is 0 Å². The fraction of sp³-hybridized carbons (Fsp3) is 0.533. The molecular weight excluding hydrogens is 264 g/mol. The lowest BCUT2D eigenvalue weighted by atomic mass is 10.1. The molecule has 6 nitrogen and oxygen atoms in total. The number of aryl methyl sites for hydroxylation is 1. The molecule has 6 heteroatoms. The Morgan fingerprint density at radius 1 is 0.952 bits per heavy atom. The topological polar surface area (TPSA) is 95.6 Å². The highest BCUT2D eigenvalue weighted by Gasteiger charge is 2.09. The summed E-state index contributed by atoms with van der Waals surface area (Å²) >= 11 is 0. The summed E-state index contributed by atoms with van der Waals surface area (Å²) in [6.45, 7) is 3.05. The molecule has 0 atom stereocenters. The van der Waals surface area contributed by atoms with E-state index in [9.17, 15) is 0 Å². The van der Waals surface area contributed by atoms with Crippen molar-refractivity contribution in [3.8, 4) is 11.4 Å². The summed E-state index contributed by atoms with van der Waals surface area (Å²) in [6.07, 6.45) is 7.46. The van der Waals surface area contributed by atoms with Gasteiger partial charge in [-0.3, -0.25) is 0 Å². The molecule has 0 aliphatic carbocycles. The van der Waals surface area contributed by atoms with Crippen LogP contribution in [0.1, 0.15) is 45.4 Å². The van der Waals surface area contributed by atoms with Crippen molar-refractivity contribution in [3.63, 3.8) is 0 Å². The van der Waals surface area contributed by atoms with Crippen molar-refractivity contribution in [2.45, 2.75) is 52.0 Å². The fourth-order valence-corrected chi connectivity index (χ4v) is 2.41. The molecule has 0 unspecified atom stereocenters. The molecule has 0 saturated carbocycles. The van der Waals surface area contributed by atoms with E-state index in [1.54, 1.807) is 6.07 Å². The number of hydrogen-bond donors (Lipinski definition) is 2. The van der Waals surface area contributed by atoms with E-state index in [0.29, 0.717) is 11.4 Å². The van der Waals surface area contributed by atoms with Crippen LogP contribution in [0.3, 0.4) is 0 Å². The molecule has 4 N–H and O–H groups in total. The molecule has 0 aliphatic rings. The van der Waals surface area contributed by atoms with E-state index >= 15 is 0 Å². The lowest BCUT2D eigenvalue weighted by Crippen LogP contribution is -2.04. The van der Waals surface area contributed by atoms with Gasteiger partial charge in [0.15, 0.2) is 5.82 Å². The molecule has 0 bridgehead atoms. The highest BCUT2D eigenvalue weighted by molar-refractivity contribution is 5.67. The maximum absolute atomic E-state index is 5.83. The first kappa shape index (κ1) is 15.3. The molecule has 1 aromatic heterocycles.